The summed E-state index contributed by atoms with van der Waals surface area (Å²) >= 11 is 0. The lowest BCUT2D eigenvalue weighted by atomic mass is 10.1. The Balaban J connectivity index is 1.98. The van der Waals surface area contributed by atoms with Gasteiger partial charge in [-0.25, -0.2) is 4.98 Å². The number of nitrogens with zero attached hydrogens (tertiary/aromatic N) is 3. The average Bonchev–Trinajstić information content (AvgIpc) is 3.04. The SMILES string of the molecule is COc1cccc2cnc(C3CCN(C(C)C)C3)n12. The van der Waals surface area contributed by atoms with Crippen molar-refractivity contribution in [3.8, 4) is 5.88 Å². The first kappa shape index (κ1) is 12.5. The van der Waals surface area contributed by atoms with Crippen molar-refractivity contribution in [2.45, 2.75) is 32.2 Å². The Labute approximate surface area is 114 Å². The van der Waals surface area contributed by atoms with E-state index in [1.165, 1.54) is 6.42 Å². The van der Waals surface area contributed by atoms with Gasteiger partial charge in [-0.1, -0.05) is 6.07 Å². The van der Waals surface area contributed by atoms with Crippen LogP contribution < -0.4 is 4.74 Å². The third kappa shape index (κ3) is 2.10. The van der Waals surface area contributed by atoms with Crippen LogP contribution in [0.1, 0.15) is 32.0 Å². The van der Waals surface area contributed by atoms with E-state index >= 15 is 0 Å². The number of ether oxygens (including phenoxy) is 1. The summed E-state index contributed by atoms with van der Waals surface area (Å²) in [5.41, 5.74) is 1.11. The lowest BCUT2D eigenvalue weighted by molar-refractivity contribution is 0.271. The molecule has 1 saturated heterocycles. The van der Waals surface area contributed by atoms with Crippen LogP contribution in [-0.2, 0) is 0 Å². The van der Waals surface area contributed by atoms with Crippen LogP contribution in [0.3, 0.4) is 0 Å². The molecule has 1 aliphatic rings. The van der Waals surface area contributed by atoms with E-state index in [1.807, 2.05) is 18.3 Å². The van der Waals surface area contributed by atoms with Crippen molar-refractivity contribution in [2.24, 2.45) is 0 Å². The van der Waals surface area contributed by atoms with E-state index in [1.54, 1.807) is 7.11 Å². The quantitative estimate of drug-likeness (QED) is 0.848. The maximum atomic E-state index is 5.47. The topological polar surface area (TPSA) is 29.8 Å². The van der Waals surface area contributed by atoms with Crippen LogP contribution >= 0.6 is 0 Å². The molecule has 0 saturated carbocycles. The van der Waals surface area contributed by atoms with Gasteiger partial charge < -0.3 is 9.64 Å². The van der Waals surface area contributed by atoms with Gasteiger partial charge >= 0.3 is 0 Å². The fraction of sp³-hybridized carbons (Fsp3) is 0.533. The van der Waals surface area contributed by atoms with Crippen molar-refractivity contribution >= 4 is 5.52 Å². The molecule has 2 aromatic heterocycles. The van der Waals surface area contributed by atoms with Crippen LogP contribution in [0, 0.1) is 0 Å². The van der Waals surface area contributed by atoms with Crippen LogP contribution in [0.15, 0.2) is 24.4 Å². The molecule has 0 N–H and O–H groups in total. The highest BCUT2D eigenvalue weighted by Gasteiger charge is 2.28. The number of imidazole rings is 1. The number of likely N-dealkylation sites (tertiary alicyclic amines) is 1. The number of hydrogen-bond acceptors (Lipinski definition) is 3. The Hall–Kier alpha value is -1.55. The number of pyridine rings is 1. The molecule has 1 fully saturated rings. The van der Waals surface area contributed by atoms with Gasteiger partial charge in [0.25, 0.3) is 0 Å². The molecule has 0 aliphatic carbocycles. The van der Waals surface area contributed by atoms with E-state index in [0.717, 1.165) is 30.3 Å². The number of fused-ring (bicyclic) bond motifs is 1. The molecule has 0 amide bonds. The Kier molecular flexibility index (Phi) is 3.19. The van der Waals surface area contributed by atoms with E-state index in [-0.39, 0.29) is 0 Å². The number of aromatic nitrogens is 2. The molecule has 4 heteroatoms. The Bertz CT molecular complexity index is 576. The molecule has 0 spiro atoms. The van der Waals surface area contributed by atoms with E-state index in [4.69, 9.17) is 4.74 Å². The van der Waals surface area contributed by atoms with Gasteiger partial charge in [0.1, 0.15) is 5.82 Å². The lowest BCUT2D eigenvalue weighted by Crippen LogP contribution is -2.28. The maximum absolute atomic E-state index is 5.47. The molecule has 4 nitrogen and oxygen atoms in total. The van der Waals surface area contributed by atoms with Crippen molar-refractivity contribution in [1.82, 2.24) is 14.3 Å². The third-order valence-electron chi connectivity index (χ3n) is 4.07. The summed E-state index contributed by atoms with van der Waals surface area (Å²) in [6.07, 6.45) is 3.12. The zero-order valence-corrected chi connectivity index (χ0v) is 11.8. The van der Waals surface area contributed by atoms with Crippen molar-refractivity contribution in [3.63, 3.8) is 0 Å². The van der Waals surface area contributed by atoms with Gasteiger partial charge in [-0.2, -0.15) is 0 Å². The minimum atomic E-state index is 0.501. The zero-order valence-electron chi connectivity index (χ0n) is 11.8. The molecule has 0 bridgehead atoms. The second kappa shape index (κ2) is 4.85. The first-order valence-corrected chi connectivity index (χ1v) is 6.95. The van der Waals surface area contributed by atoms with Gasteiger partial charge in [0.15, 0.2) is 5.88 Å². The highest BCUT2D eigenvalue weighted by atomic mass is 16.5. The second-order valence-corrected chi connectivity index (χ2v) is 5.52. The third-order valence-corrected chi connectivity index (χ3v) is 4.07. The molecular weight excluding hydrogens is 238 g/mol. The molecule has 0 aromatic carbocycles. The Morgan fingerprint density at radius 1 is 1.37 bits per heavy atom. The lowest BCUT2D eigenvalue weighted by Gasteiger charge is -2.20. The van der Waals surface area contributed by atoms with Gasteiger partial charge in [0.2, 0.25) is 0 Å². The monoisotopic (exact) mass is 259 g/mol. The van der Waals surface area contributed by atoms with Crippen molar-refractivity contribution in [1.29, 1.82) is 0 Å². The average molecular weight is 259 g/mol. The summed E-state index contributed by atoms with van der Waals surface area (Å²) < 4.78 is 7.62. The molecule has 0 radical (unpaired) electrons. The molecule has 1 atom stereocenters. The standard InChI is InChI=1S/C15H21N3O/c1-11(2)17-8-7-12(10-17)15-16-9-13-5-4-6-14(19-3)18(13)15/h4-6,9,11-12H,7-8,10H2,1-3H3. The summed E-state index contributed by atoms with van der Waals surface area (Å²) in [4.78, 5) is 7.15. The van der Waals surface area contributed by atoms with Gasteiger partial charge in [0, 0.05) is 18.5 Å². The fourth-order valence-corrected chi connectivity index (χ4v) is 2.96. The zero-order chi connectivity index (χ0) is 13.4. The Morgan fingerprint density at radius 3 is 2.89 bits per heavy atom. The first-order chi connectivity index (χ1) is 9.20. The molecule has 19 heavy (non-hydrogen) atoms. The van der Waals surface area contributed by atoms with Crippen molar-refractivity contribution in [2.75, 3.05) is 20.2 Å². The van der Waals surface area contributed by atoms with E-state index in [0.29, 0.717) is 12.0 Å². The largest absolute Gasteiger partial charge is 0.482 e. The summed E-state index contributed by atoms with van der Waals surface area (Å²) in [5, 5.41) is 0. The number of hydrogen-bond donors (Lipinski definition) is 0. The van der Waals surface area contributed by atoms with Gasteiger partial charge in [-0.15, -0.1) is 0 Å². The number of methoxy groups -OCH3 is 1. The summed E-state index contributed by atoms with van der Waals surface area (Å²) in [5.74, 6) is 2.50. The minimum Gasteiger partial charge on any atom is -0.482 e. The molecule has 3 rings (SSSR count). The Morgan fingerprint density at radius 2 is 2.21 bits per heavy atom. The van der Waals surface area contributed by atoms with Crippen LogP contribution in [0.5, 0.6) is 5.88 Å². The van der Waals surface area contributed by atoms with E-state index in [9.17, 15) is 0 Å². The minimum absolute atomic E-state index is 0.501. The first-order valence-electron chi connectivity index (χ1n) is 6.95. The summed E-state index contributed by atoms with van der Waals surface area (Å²) in [7, 11) is 1.72. The van der Waals surface area contributed by atoms with Crippen LogP contribution in [0.4, 0.5) is 0 Å². The van der Waals surface area contributed by atoms with Crippen molar-refractivity contribution < 1.29 is 4.74 Å². The highest BCUT2D eigenvalue weighted by molar-refractivity contribution is 5.49. The summed E-state index contributed by atoms with van der Waals surface area (Å²) in [6, 6.07) is 6.69. The van der Waals surface area contributed by atoms with E-state index < -0.39 is 0 Å². The molecule has 1 aliphatic heterocycles. The predicted octanol–water partition coefficient (Wildman–Crippen LogP) is 2.54. The van der Waals surface area contributed by atoms with E-state index in [2.05, 4.69) is 34.2 Å². The maximum Gasteiger partial charge on any atom is 0.199 e. The second-order valence-electron chi connectivity index (χ2n) is 5.52. The normalized spacial score (nSPS) is 20.5. The van der Waals surface area contributed by atoms with Crippen molar-refractivity contribution in [3.05, 3.63) is 30.2 Å². The fourth-order valence-electron chi connectivity index (χ4n) is 2.96. The van der Waals surface area contributed by atoms with Crippen LogP contribution in [0.25, 0.3) is 5.52 Å². The highest BCUT2D eigenvalue weighted by Crippen LogP contribution is 2.30. The number of rotatable bonds is 3. The van der Waals surface area contributed by atoms with Gasteiger partial charge in [0.05, 0.1) is 18.8 Å². The molecular formula is C15H21N3O. The van der Waals surface area contributed by atoms with Crippen LogP contribution in [-0.4, -0.2) is 40.5 Å². The van der Waals surface area contributed by atoms with Gasteiger partial charge in [-0.3, -0.25) is 4.40 Å². The molecule has 1 unspecified atom stereocenters. The molecule has 2 aromatic rings. The van der Waals surface area contributed by atoms with Crippen LogP contribution in [0.2, 0.25) is 0 Å². The molecule has 102 valence electrons. The smallest absolute Gasteiger partial charge is 0.199 e. The predicted molar refractivity (Wildman–Crippen MR) is 75.8 cm³/mol. The summed E-state index contributed by atoms with van der Waals surface area (Å²) in [6.45, 7) is 6.76. The molecule has 3 heterocycles. The van der Waals surface area contributed by atoms with Gasteiger partial charge in [-0.05, 0) is 38.9 Å².